The number of hydrogen-bond acceptors (Lipinski definition) is 6. The summed E-state index contributed by atoms with van der Waals surface area (Å²) in [6.45, 7) is 4.01. The molecule has 8 heteroatoms. The van der Waals surface area contributed by atoms with Crippen LogP contribution >= 0.6 is 22.7 Å². The monoisotopic (exact) mass is 415 g/mol. The van der Waals surface area contributed by atoms with Crippen LogP contribution in [0.4, 0.5) is 5.13 Å². The van der Waals surface area contributed by atoms with Gasteiger partial charge in [-0.15, -0.1) is 22.7 Å². The van der Waals surface area contributed by atoms with Gasteiger partial charge in [0.1, 0.15) is 5.75 Å². The van der Waals surface area contributed by atoms with E-state index < -0.39 is 0 Å². The molecule has 3 aromatic rings. The fourth-order valence-electron chi connectivity index (χ4n) is 2.67. The van der Waals surface area contributed by atoms with Crippen LogP contribution in [0, 0.1) is 0 Å². The molecule has 0 saturated heterocycles. The molecule has 6 nitrogen and oxygen atoms in total. The average molecular weight is 416 g/mol. The van der Waals surface area contributed by atoms with E-state index in [4.69, 9.17) is 4.74 Å². The minimum absolute atomic E-state index is 0.151. The van der Waals surface area contributed by atoms with E-state index in [1.165, 1.54) is 29.6 Å². The average Bonchev–Trinajstić information content (AvgIpc) is 3.34. The predicted octanol–water partition coefficient (Wildman–Crippen LogP) is 4.48. The fourth-order valence-corrected chi connectivity index (χ4v) is 4.18. The highest BCUT2D eigenvalue weighted by Gasteiger charge is 2.19. The molecule has 1 atom stereocenters. The summed E-state index contributed by atoms with van der Waals surface area (Å²) >= 11 is 2.88. The molecule has 0 saturated carbocycles. The maximum atomic E-state index is 12.5. The Labute approximate surface area is 171 Å². The third-order valence-electron chi connectivity index (χ3n) is 3.87. The number of anilines is 1. The number of rotatable bonds is 8. The number of benzene rings is 1. The molecule has 2 heterocycles. The Bertz CT molecular complexity index is 921. The predicted molar refractivity (Wildman–Crippen MR) is 113 cm³/mol. The normalized spacial score (nSPS) is 11.6. The van der Waals surface area contributed by atoms with E-state index in [2.05, 4.69) is 15.6 Å². The molecule has 0 aliphatic rings. The van der Waals surface area contributed by atoms with Gasteiger partial charge in [-0.05, 0) is 42.6 Å². The van der Waals surface area contributed by atoms with Crippen LogP contribution in [-0.2, 0) is 9.59 Å². The van der Waals surface area contributed by atoms with E-state index in [1.54, 1.807) is 0 Å². The molecule has 28 heavy (non-hydrogen) atoms. The number of thiophene rings is 1. The maximum absolute atomic E-state index is 12.5. The van der Waals surface area contributed by atoms with Crippen molar-refractivity contribution in [1.29, 1.82) is 0 Å². The van der Waals surface area contributed by atoms with Crippen LogP contribution in [0.15, 0.2) is 47.2 Å². The number of carbonyl (C=O) groups is 2. The summed E-state index contributed by atoms with van der Waals surface area (Å²) in [5, 5.41) is 10.0. The number of carbonyl (C=O) groups excluding carboxylic acids is 2. The van der Waals surface area contributed by atoms with E-state index in [-0.39, 0.29) is 24.3 Å². The Morgan fingerprint density at radius 3 is 2.61 bits per heavy atom. The number of amides is 2. The van der Waals surface area contributed by atoms with Crippen molar-refractivity contribution in [2.24, 2.45) is 0 Å². The number of nitrogens with zero attached hydrogens (tertiary/aromatic N) is 1. The smallest absolute Gasteiger partial charge is 0.228 e. The largest absolute Gasteiger partial charge is 0.494 e. The van der Waals surface area contributed by atoms with Crippen LogP contribution < -0.4 is 15.4 Å². The van der Waals surface area contributed by atoms with Gasteiger partial charge in [-0.2, -0.15) is 0 Å². The van der Waals surface area contributed by atoms with Crippen LogP contribution in [0.5, 0.6) is 5.75 Å². The van der Waals surface area contributed by atoms with Crippen molar-refractivity contribution >= 4 is 39.6 Å². The topological polar surface area (TPSA) is 80.3 Å². The molecule has 0 aliphatic carbocycles. The van der Waals surface area contributed by atoms with Crippen molar-refractivity contribution in [3.05, 3.63) is 52.0 Å². The quantitative estimate of drug-likeness (QED) is 0.569. The SMILES string of the molecule is CCOc1ccc(-c2csc(NC(=O)CC(NC(C)=O)c3cccs3)n2)cc1. The van der Waals surface area contributed by atoms with Crippen molar-refractivity contribution in [1.82, 2.24) is 10.3 Å². The standard InChI is InChI=1S/C20H21N3O3S2/c1-3-26-15-8-6-14(7-9-15)17-12-28-20(22-17)23-19(25)11-16(21-13(2)24)18-5-4-10-27-18/h4-10,12,16H,3,11H2,1-2H3,(H,21,24)(H,22,23,25). The molecular weight excluding hydrogens is 394 g/mol. The van der Waals surface area contributed by atoms with E-state index in [0.29, 0.717) is 11.7 Å². The van der Waals surface area contributed by atoms with Crippen molar-refractivity contribution in [2.45, 2.75) is 26.3 Å². The van der Waals surface area contributed by atoms with Gasteiger partial charge in [-0.1, -0.05) is 6.07 Å². The van der Waals surface area contributed by atoms with Crippen LogP contribution in [-0.4, -0.2) is 23.4 Å². The molecule has 3 rings (SSSR count). The van der Waals surface area contributed by atoms with Crippen LogP contribution in [0.2, 0.25) is 0 Å². The molecular formula is C20H21N3O3S2. The van der Waals surface area contributed by atoms with Crippen molar-refractivity contribution in [3.63, 3.8) is 0 Å². The second-order valence-corrected chi connectivity index (χ2v) is 7.85. The molecule has 0 aliphatic heterocycles. The first kappa shape index (κ1) is 20.0. The number of thiazole rings is 1. The molecule has 0 fully saturated rings. The lowest BCUT2D eigenvalue weighted by atomic mass is 10.1. The Morgan fingerprint density at radius 1 is 1.18 bits per heavy atom. The first-order chi connectivity index (χ1) is 13.5. The Morgan fingerprint density at radius 2 is 1.96 bits per heavy atom. The van der Waals surface area contributed by atoms with E-state index in [1.807, 2.05) is 54.1 Å². The number of aromatic nitrogens is 1. The lowest BCUT2D eigenvalue weighted by Crippen LogP contribution is -2.29. The molecule has 146 valence electrons. The van der Waals surface area contributed by atoms with E-state index in [0.717, 1.165) is 21.9 Å². The van der Waals surface area contributed by atoms with E-state index in [9.17, 15) is 9.59 Å². The van der Waals surface area contributed by atoms with Gasteiger partial charge in [0, 0.05) is 22.7 Å². The molecule has 2 amide bonds. The number of nitrogens with one attached hydrogen (secondary N) is 2. The first-order valence-corrected chi connectivity index (χ1v) is 10.6. The number of hydrogen-bond donors (Lipinski definition) is 2. The van der Waals surface area contributed by atoms with Crippen LogP contribution in [0.25, 0.3) is 11.3 Å². The Kier molecular flexibility index (Phi) is 6.78. The molecule has 1 aromatic carbocycles. The first-order valence-electron chi connectivity index (χ1n) is 8.84. The molecule has 2 aromatic heterocycles. The molecule has 0 spiro atoms. The zero-order valence-electron chi connectivity index (χ0n) is 15.6. The third kappa shape index (κ3) is 5.40. The van der Waals surface area contributed by atoms with Crippen molar-refractivity contribution in [2.75, 3.05) is 11.9 Å². The summed E-state index contributed by atoms with van der Waals surface area (Å²) in [6.07, 6.45) is 0.151. The van der Waals surface area contributed by atoms with Gasteiger partial charge >= 0.3 is 0 Å². The van der Waals surface area contributed by atoms with Gasteiger partial charge in [-0.3, -0.25) is 9.59 Å². The Hall–Kier alpha value is -2.71. The third-order valence-corrected chi connectivity index (χ3v) is 5.61. The second-order valence-electron chi connectivity index (χ2n) is 6.02. The minimum Gasteiger partial charge on any atom is -0.494 e. The summed E-state index contributed by atoms with van der Waals surface area (Å²) in [6, 6.07) is 11.1. The lowest BCUT2D eigenvalue weighted by molar-refractivity contribution is -0.120. The van der Waals surface area contributed by atoms with E-state index >= 15 is 0 Å². The van der Waals surface area contributed by atoms with Crippen molar-refractivity contribution < 1.29 is 14.3 Å². The highest BCUT2D eigenvalue weighted by atomic mass is 32.1. The summed E-state index contributed by atoms with van der Waals surface area (Å²) in [5.41, 5.74) is 1.75. The maximum Gasteiger partial charge on any atom is 0.228 e. The molecule has 1 unspecified atom stereocenters. The van der Waals surface area contributed by atoms with Gasteiger partial charge < -0.3 is 15.4 Å². The summed E-state index contributed by atoms with van der Waals surface area (Å²) in [4.78, 5) is 29.3. The zero-order valence-corrected chi connectivity index (χ0v) is 17.2. The molecule has 0 radical (unpaired) electrons. The van der Waals surface area contributed by atoms with Gasteiger partial charge in [0.25, 0.3) is 0 Å². The zero-order chi connectivity index (χ0) is 19.9. The van der Waals surface area contributed by atoms with Gasteiger partial charge in [-0.25, -0.2) is 4.98 Å². The molecule has 2 N–H and O–H groups in total. The second kappa shape index (κ2) is 9.48. The Balaban J connectivity index is 1.63. The van der Waals surface area contributed by atoms with Crippen LogP contribution in [0.1, 0.15) is 31.2 Å². The summed E-state index contributed by atoms with van der Waals surface area (Å²) in [5.74, 6) is 0.450. The summed E-state index contributed by atoms with van der Waals surface area (Å²) < 4.78 is 5.45. The van der Waals surface area contributed by atoms with Gasteiger partial charge in [0.2, 0.25) is 11.8 Å². The van der Waals surface area contributed by atoms with Crippen LogP contribution in [0.3, 0.4) is 0 Å². The number of ether oxygens (including phenoxy) is 1. The summed E-state index contributed by atoms with van der Waals surface area (Å²) in [7, 11) is 0. The fraction of sp³-hybridized carbons (Fsp3) is 0.250. The highest BCUT2D eigenvalue weighted by molar-refractivity contribution is 7.14. The lowest BCUT2D eigenvalue weighted by Gasteiger charge is -2.15. The van der Waals surface area contributed by atoms with Crippen molar-refractivity contribution in [3.8, 4) is 17.0 Å². The minimum atomic E-state index is -0.344. The highest BCUT2D eigenvalue weighted by Crippen LogP contribution is 2.27. The van der Waals surface area contributed by atoms with Gasteiger partial charge in [0.15, 0.2) is 5.13 Å². The van der Waals surface area contributed by atoms with Gasteiger partial charge in [0.05, 0.1) is 24.8 Å². The molecule has 0 bridgehead atoms.